The molecule has 4 nitrogen and oxygen atoms in total. The molecule has 0 aliphatic carbocycles. The maximum Gasteiger partial charge on any atom is 0.272 e. The third-order valence-corrected chi connectivity index (χ3v) is 3.44. The van der Waals surface area contributed by atoms with Gasteiger partial charge in [-0.05, 0) is 29.9 Å². The van der Waals surface area contributed by atoms with E-state index in [-0.39, 0.29) is 5.91 Å². The number of hydrogen-bond donors (Lipinski definition) is 1. The molecular formula is C14H21N3O. The molecule has 0 bridgehead atoms. The second-order valence-corrected chi connectivity index (χ2v) is 5.41. The summed E-state index contributed by atoms with van der Waals surface area (Å²) >= 11 is 0. The van der Waals surface area contributed by atoms with Crippen molar-refractivity contribution in [3.63, 3.8) is 0 Å². The molecule has 1 saturated heterocycles. The van der Waals surface area contributed by atoms with Crippen LogP contribution in [0.1, 0.15) is 36.3 Å². The van der Waals surface area contributed by atoms with Crippen molar-refractivity contribution in [2.45, 2.75) is 26.8 Å². The minimum absolute atomic E-state index is 0.0389. The van der Waals surface area contributed by atoms with Crippen molar-refractivity contribution >= 4 is 5.91 Å². The molecule has 0 spiro atoms. The molecule has 0 radical (unpaired) electrons. The largest absolute Gasteiger partial charge is 0.337 e. The van der Waals surface area contributed by atoms with E-state index in [1.807, 2.05) is 11.0 Å². The Bertz CT molecular complexity index is 406. The average Bonchev–Trinajstić information content (AvgIpc) is 2.37. The molecule has 1 aromatic rings. The van der Waals surface area contributed by atoms with Crippen LogP contribution in [-0.4, -0.2) is 28.9 Å². The summed E-state index contributed by atoms with van der Waals surface area (Å²) in [6.07, 6.45) is 2.88. The van der Waals surface area contributed by atoms with Gasteiger partial charge in [-0.1, -0.05) is 19.9 Å². The smallest absolute Gasteiger partial charge is 0.272 e. The van der Waals surface area contributed by atoms with E-state index in [1.54, 1.807) is 12.3 Å². The summed E-state index contributed by atoms with van der Waals surface area (Å²) in [7, 11) is 0. The van der Waals surface area contributed by atoms with Crippen LogP contribution < -0.4 is 5.73 Å². The molecular weight excluding hydrogens is 226 g/mol. The lowest BCUT2D eigenvalue weighted by atomic mass is 9.92. The second kappa shape index (κ2) is 5.48. The zero-order chi connectivity index (χ0) is 13.1. The maximum atomic E-state index is 12.3. The first-order chi connectivity index (χ1) is 8.60. The third-order valence-electron chi connectivity index (χ3n) is 3.44. The fourth-order valence-electron chi connectivity index (χ4n) is 2.66. The Kier molecular flexibility index (Phi) is 3.97. The standard InChI is InChI=1S/C14H21N3O/c1-10-5-11(2)9-17(8-10)14(18)13-4-3-12(6-15)7-16-13/h3-4,7,10-11H,5-6,8-9,15H2,1-2H3. The Morgan fingerprint density at radius 3 is 2.56 bits per heavy atom. The molecule has 1 amide bonds. The molecule has 2 N–H and O–H groups in total. The van der Waals surface area contributed by atoms with Crippen LogP contribution in [0.4, 0.5) is 0 Å². The van der Waals surface area contributed by atoms with Gasteiger partial charge in [-0.3, -0.25) is 9.78 Å². The molecule has 0 aromatic carbocycles. The van der Waals surface area contributed by atoms with Gasteiger partial charge in [-0.2, -0.15) is 0 Å². The minimum atomic E-state index is 0.0389. The SMILES string of the molecule is CC1CC(C)CN(C(=O)c2ccc(CN)cn2)C1. The van der Waals surface area contributed by atoms with E-state index in [4.69, 9.17) is 5.73 Å². The molecule has 98 valence electrons. The Balaban J connectivity index is 2.09. The molecule has 1 aliphatic heterocycles. The summed E-state index contributed by atoms with van der Waals surface area (Å²) in [4.78, 5) is 18.4. The number of hydrogen-bond acceptors (Lipinski definition) is 3. The summed E-state index contributed by atoms with van der Waals surface area (Å²) in [5.41, 5.74) is 6.99. The number of pyridine rings is 1. The van der Waals surface area contributed by atoms with Gasteiger partial charge in [0.05, 0.1) is 0 Å². The van der Waals surface area contributed by atoms with E-state index >= 15 is 0 Å². The molecule has 1 fully saturated rings. The van der Waals surface area contributed by atoms with Crippen molar-refractivity contribution in [2.24, 2.45) is 17.6 Å². The van der Waals surface area contributed by atoms with Crippen molar-refractivity contribution in [1.29, 1.82) is 0 Å². The lowest BCUT2D eigenvalue weighted by Gasteiger charge is -2.34. The zero-order valence-electron chi connectivity index (χ0n) is 11.1. The van der Waals surface area contributed by atoms with Gasteiger partial charge in [0.25, 0.3) is 5.91 Å². The first-order valence-corrected chi connectivity index (χ1v) is 6.54. The van der Waals surface area contributed by atoms with Gasteiger partial charge in [0.1, 0.15) is 5.69 Å². The molecule has 2 rings (SSSR count). The highest BCUT2D eigenvalue weighted by atomic mass is 16.2. The van der Waals surface area contributed by atoms with Crippen LogP contribution in [-0.2, 0) is 6.54 Å². The number of carbonyl (C=O) groups is 1. The fraction of sp³-hybridized carbons (Fsp3) is 0.571. The summed E-state index contributed by atoms with van der Waals surface area (Å²) in [6.45, 7) is 6.52. The number of likely N-dealkylation sites (tertiary alicyclic amines) is 1. The van der Waals surface area contributed by atoms with E-state index in [1.165, 1.54) is 6.42 Å². The summed E-state index contributed by atoms with van der Waals surface area (Å²) < 4.78 is 0. The highest BCUT2D eigenvalue weighted by Gasteiger charge is 2.26. The van der Waals surface area contributed by atoms with Gasteiger partial charge in [0, 0.05) is 25.8 Å². The minimum Gasteiger partial charge on any atom is -0.337 e. The Morgan fingerprint density at radius 1 is 1.39 bits per heavy atom. The first-order valence-electron chi connectivity index (χ1n) is 6.54. The average molecular weight is 247 g/mol. The highest BCUT2D eigenvalue weighted by Crippen LogP contribution is 2.22. The van der Waals surface area contributed by atoms with Gasteiger partial charge in [0.2, 0.25) is 0 Å². The first kappa shape index (κ1) is 13.0. The number of piperidine rings is 1. The van der Waals surface area contributed by atoms with Crippen LogP contribution in [0.3, 0.4) is 0 Å². The molecule has 4 heteroatoms. The topological polar surface area (TPSA) is 59.2 Å². The molecule has 2 atom stereocenters. The monoisotopic (exact) mass is 247 g/mol. The lowest BCUT2D eigenvalue weighted by Crippen LogP contribution is -2.42. The van der Waals surface area contributed by atoms with Crippen molar-refractivity contribution in [2.75, 3.05) is 13.1 Å². The van der Waals surface area contributed by atoms with E-state index in [0.717, 1.165) is 18.7 Å². The van der Waals surface area contributed by atoms with E-state index in [9.17, 15) is 4.79 Å². The number of nitrogens with two attached hydrogens (primary N) is 1. The van der Waals surface area contributed by atoms with Crippen LogP contribution in [0.25, 0.3) is 0 Å². The number of aromatic nitrogens is 1. The Labute approximate surface area is 108 Å². The van der Waals surface area contributed by atoms with Gasteiger partial charge in [-0.25, -0.2) is 0 Å². The summed E-state index contributed by atoms with van der Waals surface area (Å²) in [5, 5.41) is 0. The van der Waals surface area contributed by atoms with Crippen LogP contribution in [0.2, 0.25) is 0 Å². The number of nitrogens with zero attached hydrogens (tertiary/aromatic N) is 2. The number of amides is 1. The number of carbonyl (C=O) groups excluding carboxylic acids is 1. The van der Waals surface area contributed by atoms with Gasteiger partial charge in [-0.15, -0.1) is 0 Å². The van der Waals surface area contributed by atoms with Crippen LogP contribution in [0.15, 0.2) is 18.3 Å². The quantitative estimate of drug-likeness (QED) is 0.864. The normalized spacial score (nSPS) is 24.1. The molecule has 2 heterocycles. The summed E-state index contributed by atoms with van der Waals surface area (Å²) in [5.74, 6) is 1.18. The third kappa shape index (κ3) is 2.88. The number of rotatable bonds is 2. The predicted octanol–water partition coefficient (Wildman–Crippen LogP) is 1.66. The fourth-order valence-corrected chi connectivity index (χ4v) is 2.66. The highest BCUT2D eigenvalue weighted by molar-refractivity contribution is 5.92. The Hall–Kier alpha value is -1.42. The van der Waals surface area contributed by atoms with Gasteiger partial charge >= 0.3 is 0 Å². The van der Waals surface area contributed by atoms with E-state index in [0.29, 0.717) is 24.1 Å². The van der Waals surface area contributed by atoms with Crippen LogP contribution in [0, 0.1) is 11.8 Å². The molecule has 2 unspecified atom stereocenters. The molecule has 0 saturated carbocycles. The van der Waals surface area contributed by atoms with Crippen molar-refractivity contribution in [3.8, 4) is 0 Å². The van der Waals surface area contributed by atoms with Crippen LogP contribution in [0.5, 0.6) is 0 Å². The Morgan fingerprint density at radius 2 is 2.06 bits per heavy atom. The molecule has 1 aromatic heterocycles. The predicted molar refractivity (Wildman–Crippen MR) is 71.0 cm³/mol. The second-order valence-electron chi connectivity index (χ2n) is 5.41. The molecule has 1 aliphatic rings. The molecule has 18 heavy (non-hydrogen) atoms. The maximum absolute atomic E-state index is 12.3. The summed E-state index contributed by atoms with van der Waals surface area (Å²) in [6, 6.07) is 3.64. The lowest BCUT2D eigenvalue weighted by molar-refractivity contribution is 0.0617. The van der Waals surface area contributed by atoms with E-state index in [2.05, 4.69) is 18.8 Å². The van der Waals surface area contributed by atoms with Crippen molar-refractivity contribution < 1.29 is 4.79 Å². The van der Waals surface area contributed by atoms with Gasteiger partial charge in [0.15, 0.2) is 0 Å². The van der Waals surface area contributed by atoms with Crippen LogP contribution >= 0.6 is 0 Å². The van der Waals surface area contributed by atoms with Crippen molar-refractivity contribution in [1.82, 2.24) is 9.88 Å². The van der Waals surface area contributed by atoms with Crippen molar-refractivity contribution in [3.05, 3.63) is 29.6 Å². The van der Waals surface area contributed by atoms with Gasteiger partial charge < -0.3 is 10.6 Å². The van der Waals surface area contributed by atoms with E-state index < -0.39 is 0 Å². The zero-order valence-corrected chi connectivity index (χ0v) is 11.1.